The molecule has 1 atom stereocenters. The first-order valence-electron chi connectivity index (χ1n) is 10.2. The predicted octanol–water partition coefficient (Wildman–Crippen LogP) is 3.72. The van der Waals surface area contributed by atoms with Crippen molar-refractivity contribution in [3.8, 4) is 5.75 Å². The van der Waals surface area contributed by atoms with Crippen molar-refractivity contribution in [1.29, 1.82) is 0 Å². The number of nitrogens with zero attached hydrogens (tertiary/aromatic N) is 2. The van der Waals surface area contributed by atoms with Gasteiger partial charge in [-0.3, -0.25) is 4.90 Å². The third kappa shape index (κ3) is 6.53. The topological polar surface area (TPSA) is 48.9 Å². The molecule has 2 heterocycles. The maximum atomic E-state index is 5.22. The van der Waals surface area contributed by atoms with Crippen LogP contribution in [0.4, 0.5) is 0 Å². The van der Waals surface area contributed by atoms with Gasteiger partial charge in [0.25, 0.3) is 0 Å². The van der Waals surface area contributed by atoms with Gasteiger partial charge in [-0.1, -0.05) is 18.2 Å². The molecule has 0 amide bonds. The molecule has 2 N–H and O–H groups in total. The molecule has 2 aromatic rings. The maximum absolute atomic E-state index is 5.22. The number of thiophene rings is 1. The lowest BCUT2D eigenvalue weighted by molar-refractivity contribution is 0.169. The van der Waals surface area contributed by atoms with Crippen LogP contribution in [0.5, 0.6) is 5.75 Å². The Morgan fingerprint density at radius 3 is 2.82 bits per heavy atom. The van der Waals surface area contributed by atoms with Gasteiger partial charge in [-0.05, 0) is 61.4 Å². The molecule has 1 aromatic heterocycles. The Hall–Kier alpha value is -2.05. The fraction of sp³-hybridized carbons (Fsp3) is 0.500. The Kier molecular flexibility index (Phi) is 8.18. The van der Waals surface area contributed by atoms with E-state index in [0.717, 1.165) is 37.9 Å². The van der Waals surface area contributed by atoms with Crippen molar-refractivity contribution in [3.05, 3.63) is 52.2 Å². The van der Waals surface area contributed by atoms with E-state index in [4.69, 9.17) is 9.73 Å². The Bertz CT molecular complexity index is 715. The second-order valence-corrected chi connectivity index (χ2v) is 8.28. The lowest BCUT2D eigenvalue weighted by Gasteiger charge is -2.32. The van der Waals surface area contributed by atoms with Gasteiger partial charge in [0.1, 0.15) is 5.75 Å². The van der Waals surface area contributed by atoms with Crippen molar-refractivity contribution >= 4 is 17.3 Å². The standard InChI is InChI=1S/C22H32N4OS/c1-3-23-22(24-14-18-8-10-20(27-2)11-9-18)25-15-19-6-4-12-26(16-19)17-21-7-5-13-28-21/h5,7-11,13,19H,3-4,6,12,14-17H2,1-2H3,(H2,23,24,25). The van der Waals surface area contributed by atoms with Gasteiger partial charge in [0, 0.05) is 31.1 Å². The van der Waals surface area contributed by atoms with Crippen molar-refractivity contribution in [1.82, 2.24) is 15.5 Å². The predicted molar refractivity (Wildman–Crippen MR) is 118 cm³/mol. The highest BCUT2D eigenvalue weighted by Gasteiger charge is 2.20. The number of hydrogen-bond donors (Lipinski definition) is 2. The van der Waals surface area contributed by atoms with Crippen LogP contribution in [-0.2, 0) is 13.1 Å². The Morgan fingerprint density at radius 2 is 2.11 bits per heavy atom. The molecule has 1 fully saturated rings. The van der Waals surface area contributed by atoms with E-state index >= 15 is 0 Å². The van der Waals surface area contributed by atoms with E-state index in [1.807, 2.05) is 23.5 Å². The van der Waals surface area contributed by atoms with Crippen LogP contribution in [0.15, 0.2) is 46.8 Å². The van der Waals surface area contributed by atoms with E-state index in [2.05, 4.69) is 52.1 Å². The van der Waals surface area contributed by atoms with Gasteiger partial charge >= 0.3 is 0 Å². The number of likely N-dealkylation sites (tertiary alicyclic amines) is 1. The second kappa shape index (κ2) is 11.1. The molecule has 5 nitrogen and oxygen atoms in total. The zero-order valence-corrected chi connectivity index (χ0v) is 17.8. The van der Waals surface area contributed by atoms with Crippen molar-refractivity contribution in [3.63, 3.8) is 0 Å². The quantitative estimate of drug-likeness (QED) is 0.524. The molecule has 1 unspecified atom stereocenters. The average molecular weight is 401 g/mol. The summed E-state index contributed by atoms with van der Waals surface area (Å²) in [7, 11) is 1.69. The molecular formula is C22H32N4OS. The van der Waals surface area contributed by atoms with Gasteiger partial charge in [0.2, 0.25) is 0 Å². The van der Waals surface area contributed by atoms with Crippen molar-refractivity contribution in [2.75, 3.05) is 33.3 Å². The van der Waals surface area contributed by atoms with Crippen LogP contribution in [0.1, 0.15) is 30.2 Å². The first-order valence-corrected chi connectivity index (χ1v) is 11.0. The molecule has 0 spiro atoms. The summed E-state index contributed by atoms with van der Waals surface area (Å²) < 4.78 is 5.22. The number of nitrogens with one attached hydrogen (secondary N) is 2. The summed E-state index contributed by atoms with van der Waals surface area (Å²) in [5.74, 6) is 2.44. The van der Waals surface area contributed by atoms with Gasteiger partial charge in [0.05, 0.1) is 13.7 Å². The number of ether oxygens (including phenoxy) is 1. The molecule has 28 heavy (non-hydrogen) atoms. The largest absolute Gasteiger partial charge is 0.497 e. The minimum absolute atomic E-state index is 0.661. The third-order valence-electron chi connectivity index (χ3n) is 5.04. The number of hydrogen-bond acceptors (Lipinski definition) is 4. The third-order valence-corrected chi connectivity index (χ3v) is 5.91. The Balaban J connectivity index is 1.49. The maximum Gasteiger partial charge on any atom is 0.191 e. The molecule has 6 heteroatoms. The van der Waals surface area contributed by atoms with E-state index in [9.17, 15) is 0 Å². The minimum atomic E-state index is 0.661. The highest BCUT2D eigenvalue weighted by molar-refractivity contribution is 7.09. The summed E-state index contributed by atoms with van der Waals surface area (Å²) in [6.07, 6.45) is 2.56. The molecular weight excluding hydrogens is 368 g/mol. The SMILES string of the molecule is CCNC(=NCc1ccc(OC)cc1)NCC1CCCN(Cc2cccs2)C1. The number of guanidine groups is 1. The zero-order valence-electron chi connectivity index (χ0n) is 17.0. The molecule has 3 rings (SSSR count). The summed E-state index contributed by atoms with van der Waals surface area (Å²) in [6, 6.07) is 12.5. The molecule has 0 bridgehead atoms. The van der Waals surface area contributed by atoms with Crippen LogP contribution < -0.4 is 15.4 Å². The average Bonchev–Trinajstić information content (AvgIpc) is 3.24. The zero-order chi connectivity index (χ0) is 19.6. The lowest BCUT2D eigenvalue weighted by Crippen LogP contribution is -2.44. The summed E-state index contributed by atoms with van der Waals surface area (Å²) in [4.78, 5) is 8.79. The lowest BCUT2D eigenvalue weighted by atomic mass is 9.98. The van der Waals surface area contributed by atoms with Crippen molar-refractivity contribution in [2.45, 2.75) is 32.9 Å². The number of rotatable bonds is 8. The summed E-state index contributed by atoms with van der Waals surface area (Å²) in [5, 5.41) is 9.08. The van der Waals surface area contributed by atoms with Crippen LogP contribution >= 0.6 is 11.3 Å². The molecule has 1 saturated heterocycles. The number of piperidine rings is 1. The molecule has 1 aliphatic rings. The Morgan fingerprint density at radius 1 is 1.25 bits per heavy atom. The van der Waals surface area contributed by atoms with Gasteiger partial charge < -0.3 is 15.4 Å². The number of aliphatic imine (C=N–C) groups is 1. The van der Waals surface area contributed by atoms with E-state index < -0.39 is 0 Å². The molecule has 1 aliphatic heterocycles. The van der Waals surface area contributed by atoms with E-state index in [0.29, 0.717) is 12.5 Å². The fourth-order valence-electron chi connectivity index (χ4n) is 3.57. The van der Waals surface area contributed by atoms with Crippen LogP contribution in [0.3, 0.4) is 0 Å². The normalized spacial score (nSPS) is 18.1. The smallest absolute Gasteiger partial charge is 0.191 e. The van der Waals surface area contributed by atoms with Gasteiger partial charge in [-0.25, -0.2) is 4.99 Å². The second-order valence-electron chi connectivity index (χ2n) is 7.25. The highest BCUT2D eigenvalue weighted by Crippen LogP contribution is 2.20. The van der Waals surface area contributed by atoms with Crippen molar-refractivity contribution in [2.24, 2.45) is 10.9 Å². The van der Waals surface area contributed by atoms with Crippen molar-refractivity contribution < 1.29 is 4.74 Å². The summed E-state index contributed by atoms with van der Waals surface area (Å²) >= 11 is 1.86. The minimum Gasteiger partial charge on any atom is -0.497 e. The van der Waals surface area contributed by atoms with Gasteiger partial charge in [0.15, 0.2) is 5.96 Å². The first-order chi connectivity index (χ1) is 13.8. The van der Waals surface area contributed by atoms with Crippen LogP contribution in [0.25, 0.3) is 0 Å². The summed E-state index contributed by atoms with van der Waals surface area (Å²) in [5.41, 5.74) is 1.18. The molecule has 0 saturated carbocycles. The molecule has 0 aliphatic carbocycles. The van der Waals surface area contributed by atoms with Crippen LogP contribution in [-0.4, -0.2) is 44.1 Å². The molecule has 152 valence electrons. The first kappa shape index (κ1) is 20.7. The highest BCUT2D eigenvalue weighted by atomic mass is 32.1. The van der Waals surface area contributed by atoms with E-state index in [1.165, 1.54) is 29.8 Å². The summed E-state index contributed by atoms with van der Waals surface area (Å²) in [6.45, 7) is 8.05. The molecule has 0 radical (unpaired) electrons. The van der Waals surface area contributed by atoms with Crippen LogP contribution in [0, 0.1) is 5.92 Å². The number of methoxy groups -OCH3 is 1. The van der Waals surface area contributed by atoms with Gasteiger partial charge in [-0.2, -0.15) is 0 Å². The van der Waals surface area contributed by atoms with E-state index in [1.54, 1.807) is 7.11 Å². The van der Waals surface area contributed by atoms with E-state index in [-0.39, 0.29) is 0 Å². The monoisotopic (exact) mass is 400 g/mol. The fourth-order valence-corrected chi connectivity index (χ4v) is 4.31. The molecule has 1 aromatic carbocycles. The van der Waals surface area contributed by atoms with Crippen LogP contribution in [0.2, 0.25) is 0 Å². The Labute approximate surface area is 172 Å². The number of benzene rings is 1. The van der Waals surface area contributed by atoms with Gasteiger partial charge in [-0.15, -0.1) is 11.3 Å².